The predicted molar refractivity (Wildman–Crippen MR) is 41.8 cm³/mol. The summed E-state index contributed by atoms with van der Waals surface area (Å²) in [7, 11) is 1.62. The minimum atomic E-state index is 0.200. The maximum absolute atomic E-state index is 11.8. The second kappa shape index (κ2) is 5.23. The van der Waals surface area contributed by atoms with Gasteiger partial charge in [0, 0.05) is 7.05 Å². The molecule has 58 valence electrons. The quantitative estimate of drug-likeness (QED) is 0.377. The molecule has 0 aromatic rings. The first-order chi connectivity index (χ1) is 4.74. The van der Waals surface area contributed by atoms with E-state index in [1.807, 2.05) is 0 Å². The van der Waals surface area contributed by atoms with E-state index >= 15 is 0 Å². The van der Waals surface area contributed by atoms with Crippen LogP contribution in [0.5, 0.6) is 0 Å². The normalized spacial score (nSPS) is 13.6. The number of aliphatic imine (C=N–C) groups is 1. The molecule has 2 nitrogen and oxygen atoms in total. The van der Waals surface area contributed by atoms with Gasteiger partial charge in [-0.3, -0.25) is 0 Å². The molecule has 0 fully saturated rings. The largest absolute Gasteiger partial charge is 0.363 e. The van der Waals surface area contributed by atoms with E-state index in [0.29, 0.717) is 18.4 Å². The molecule has 0 spiro atoms. The minimum Gasteiger partial charge on any atom is -0.363 e. The van der Waals surface area contributed by atoms with E-state index in [1.54, 1.807) is 14.0 Å². The van der Waals surface area contributed by atoms with Crippen LogP contribution < -0.4 is 5.32 Å². The Hall–Kier alpha value is -0.570. The summed E-state index contributed by atoms with van der Waals surface area (Å²) in [5, 5.41) is 2.77. The van der Waals surface area contributed by atoms with E-state index in [1.165, 1.54) is 0 Å². The van der Waals surface area contributed by atoms with Crippen LogP contribution >= 0.6 is 11.6 Å². The maximum Gasteiger partial charge on any atom is 0.195 e. The Kier molecular flexibility index (Phi) is 4.94. The molecule has 0 heterocycles. The summed E-state index contributed by atoms with van der Waals surface area (Å²) in [6.45, 7) is 1.80. The average molecular weight is 165 g/mol. The van der Waals surface area contributed by atoms with Crippen molar-refractivity contribution in [2.75, 3.05) is 7.05 Å². The molecule has 0 aromatic carbocycles. The standard InChI is InChI=1S/C6H10ClFN2/c1-3-5(4-8)10-6(7)9-2/h4H,3H2,1-2H3,(H,9,10)/b5-4-. The summed E-state index contributed by atoms with van der Waals surface area (Å²) in [4.78, 5) is 3.69. The van der Waals surface area contributed by atoms with Crippen LogP contribution in [-0.4, -0.2) is 12.3 Å². The highest BCUT2D eigenvalue weighted by molar-refractivity contribution is 6.64. The average Bonchev–Trinajstić information content (AvgIpc) is 1.99. The van der Waals surface area contributed by atoms with Crippen LogP contribution in [0.25, 0.3) is 0 Å². The van der Waals surface area contributed by atoms with Crippen molar-refractivity contribution >= 4 is 16.9 Å². The van der Waals surface area contributed by atoms with Crippen molar-refractivity contribution in [2.45, 2.75) is 13.3 Å². The number of hydrogen-bond donors (Lipinski definition) is 1. The van der Waals surface area contributed by atoms with Crippen LogP contribution in [-0.2, 0) is 0 Å². The number of nitrogens with one attached hydrogen (secondary N) is 1. The number of allylic oxidation sites excluding steroid dienone is 1. The first-order valence-corrected chi connectivity index (χ1v) is 3.33. The summed E-state index contributed by atoms with van der Waals surface area (Å²) in [5.41, 5.74) is 0.333. The third kappa shape index (κ3) is 3.45. The number of nitrogens with zero attached hydrogens (tertiary/aromatic N) is 1. The Morgan fingerprint density at radius 1 is 1.80 bits per heavy atom. The Labute approximate surface area is 64.8 Å². The fourth-order valence-corrected chi connectivity index (χ4v) is 0.471. The fourth-order valence-electron chi connectivity index (χ4n) is 0.363. The summed E-state index contributed by atoms with van der Waals surface area (Å²) >= 11 is 5.45. The molecule has 0 aliphatic rings. The molecule has 0 saturated heterocycles. The molecule has 0 radical (unpaired) electrons. The summed E-state index contributed by atoms with van der Waals surface area (Å²) in [6.07, 6.45) is 0.980. The second-order valence-electron chi connectivity index (χ2n) is 1.61. The van der Waals surface area contributed by atoms with E-state index in [0.717, 1.165) is 0 Å². The Balaban J connectivity index is 4.08. The minimum absolute atomic E-state index is 0.200. The van der Waals surface area contributed by atoms with Crippen molar-refractivity contribution in [3.8, 4) is 0 Å². The van der Waals surface area contributed by atoms with Gasteiger partial charge in [0.05, 0.1) is 5.70 Å². The number of halogens is 2. The van der Waals surface area contributed by atoms with Crippen molar-refractivity contribution in [3.63, 3.8) is 0 Å². The molecule has 0 bridgehead atoms. The lowest BCUT2D eigenvalue weighted by atomic mass is 10.4. The van der Waals surface area contributed by atoms with Crippen LogP contribution in [0.3, 0.4) is 0 Å². The van der Waals surface area contributed by atoms with Crippen LogP contribution in [0.15, 0.2) is 17.0 Å². The Morgan fingerprint density at radius 2 is 2.40 bits per heavy atom. The van der Waals surface area contributed by atoms with E-state index < -0.39 is 0 Å². The van der Waals surface area contributed by atoms with Gasteiger partial charge in [-0.05, 0) is 18.0 Å². The highest BCUT2D eigenvalue weighted by Crippen LogP contribution is 2.03. The van der Waals surface area contributed by atoms with Crippen LogP contribution in [0.4, 0.5) is 4.39 Å². The highest BCUT2D eigenvalue weighted by Gasteiger charge is 1.91. The topological polar surface area (TPSA) is 24.4 Å². The van der Waals surface area contributed by atoms with Crippen molar-refractivity contribution < 1.29 is 4.39 Å². The van der Waals surface area contributed by atoms with Crippen molar-refractivity contribution in [2.24, 2.45) is 4.99 Å². The number of hydrogen-bond acceptors (Lipinski definition) is 1. The predicted octanol–water partition coefficient (Wildman–Crippen LogP) is 2.02. The molecule has 0 rings (SSSR count). The van der Waals surface area contributed by atoms with Gasteiger partial charge in [-0.1, -0.05) is 6.92 Å². The molecule has 0 aliphatic carbocycles. The lowest BCUT2D eigenvalue weighted by Crippen LogP contribution is -2.10. The zero-order valence-corrected chi connectivity index (χ0v) is 6.74. The van der Waals surface area contributed by atoms with Gasteiger partial charge in [-0.15, -0.1) is 0 Å². The lowest BCUT2D eigenvalue weighted by molar-refractivity contribution is 0.700. The van der Waals surface area contributed by atoms with E-state index in [4.69, 9.17) is 11.6 Å². The fraction of sp³-hybridized carbons (Fsp3) is 0.500. The van der Waals surface area contributed by atoms with Crippen LogP contribution in [0, 0.1) is 0 Å². The first kappa shape index (κ1) is 9.43. The summed E-state index contributed by atoms with van der Waals surface area (Å²) in [6, 6.07) is 0. The molecule has 0 unspecified atom stereocenters. The van der Waals surface area contributed by atoms with Gasteiger partial charge in [0.2, 0.25) is 0 Å². The van der Waals surface area contributed by atoms with Crippen LogP contribution in [0.1, 0.15) is 13.3 Å². The molecule has 0 aromatic heterocycles. The van der Waals surface area contributed by atoms with Crippen LogP contribution in [0.2, 0.25) is 0 Å². The van der Waals surface area contributed by atoms with Gasteiger partial charge in [0.15, 0.2) is 5.29 Å². The van der Waals surface area contributed by atoms with Crippen molar-refractivity contribution in [3.05, 3.63) is 12.0 Å². The molecule has 1 N–H and O–H groups in total. The summed E-state index contributed by atoms with van der Waals surface area (Å²) < 4.78 is 11.8. The Bertz CT molecular complexity index is 154. The third-order valence-electron chi connectivity index (χ3n) is 0.936. The molecule has 0 atom stereocenters. The first-order valence-electron chi connectivity index (χ1n) is 2.95. The van der Waals surface area contributed by atoms with Gasteiger partial charge >= 0.3 is 0 Å². The smallest absolute Gasteiger partial charge is 0.195 e. The molecule has 4 heteroatoms. The van der Waals surface area contributed by atoms with Gasteiger partial charge in [-0.2, -0.15) is 0 Å². The van der Waals surface area contributed by atoms with Gasteiger partial charge in [0.1, 0.15) is 6.33 Å². The number of amidine groups is 1. The molecule has 0 saturated carbocycles. The van der Waals surface area contributed by atoms with Crippen molar-refractivity contribution in [1.82, 2.24) is 5.32 Å². The van der Waals surface area contributed by atoms with E-state index in [2.05, 4.69) is 10.3 Å². The molecule has 10 heavy (non-hydrogen) atoms. The SMILES string of the molecule is CCC(=C/F)/N=C(/Cl)NC. The molecular weight excluding hydrogens is 155 g/mol. The van der Waals surface area contributed by atoms with E-state index in [-0.39, 0.29) is 5.29 Å². The highest BCUT2D eigenvalue weighted by atomic mass is 35.5. The zero-order chi connectivity index (χ0) is 7.98. The lowest BCUT2D eigenvalue weighted by Gasteiger charge is -1.95. The van der Waals surface area contributed by atoms with E-state index in [9.17, 15) is 4.39 Å². The zero-order valence-electron chi connectivity index (χ0n) is 5.99. The molecular formula is C6H10ClFN2. The van der Waals surface area contributed by atoms with Gasteiger partial charge < -0.3 is 5.32 Å². The second-order valence-corrected chi connectivity index (χ2v) is 1.96. The third-order valence-corrected chi connectivity index (χ3v) is 1.21. The molecule has 0 aliphatic heterocycles. The van der Waals surface area contributed by atoms with Gasteiger partial charge in [0.25, 0.3) is 0 Å². The van der Waals surface area contributed by atoms with Gasteiger partial charge in [-0.25, -0.2) is 9.38 Å². The summed E-state index contributed by atoms with van der Waals surface area (Å²) in [5.74, 6) is 0. The maximum atomic E-state index is 11.8. The van der Waals surface area contributed by atoms with Crippen molar-refractivity contribution in [1.29, 1.82) is 0 Å². The number of rotatable bonds is 2. The Morgan fingerprint density at radius 3 is 2.70 bits per heavy atom. The molecule has 0 amide bonds. The monoisotopic (exact) mass is 164 g/mol.